The maximum absolute atomic E-state index is 12.1. The number of ether oxygens (including phenoxy) is 7. The van der Waals surface area contributed by atoms with Gasteiger partial charge in [0, 0.05) is 6.92 Å². The molecular weight excluding hydrogens is 630 g/mol. The first-order valence-electron chi connectivity index (χ1n) is 14.8. The molecule has 0 saturated carbocycles. The van der Waals surface area contributed by atoms with Crippen molar-refractivity contribution in [2.45, 2.75) is 144 Å². The van der Waals surface area contributed by atoms with Crippen molar-refractivity contribution >= 4 is 5.91 Å². The Balaban J connectivity index is 1.68. The SMILES string of the molecule is CC(=O)N[C@@H]1[C@@H](O[C@@H]2O[C@@H](C)[C@H](O)[C@@H](O)[C@@H]2O)[C@H](O[C@@H]2O[C@H](CO)[C@@H](O)[C@H](O)[C@H]2O[C@@H]2O[C@@H](C)[C@H](O)[C@@H](O)[C@@H]2O)[C@@H](CO)O[C@@H]1O. The van der Waals surface area contributed by atoms with Crippen molar-refractivity contribution in [3.63, 3.8) is 0 Å². The lowest BCUT2D eigenvalue weighted by Gasteiger charge is -2.50. The molecule has 20 heteroatoms. The van der Waals surface area contributed by atoms with Crippen LogP contribution in [0.2, 0.25) is 0 Å². The lowest BCUT2D eigenvalue weighted by Crippen LogP contribution is -2.70. The highest BCUT2D eigenvalue weighted by atomic mass is 16.8. The first-order chi connectivity index (χ1) is 21.6. The van der Waals surface area contributed by atoms with Gasteiger partial charge in [0.1, 0.15) is 85.4 Å². The molecule has 4 aliphatic rings. The summed E-state index contributed by atoms with van der Waals surface area (Å²) in [5, 5.41) is 117. The summed E-state index contributed by atoms with van der Waals surface area (Å²) in [5.41, 5.74) is 0. The lowest BCUT2D eigenvalue weighted by atomic mass is 9.94. The van der Waals surface area contributed by atoms with Gasteiger partial charge in [-0.25, -0.2) is 0 Å². The molecule has 20 atom stereocenters. The van der Waals surface area contributed by atoms with Crippen molar-refractivity contribution in [1.82, 2.24) is 5.32 Å². The number of aliphatic hydroxyl groups excluding tert-OH is 11. The Hall–Kier alpha value is -1.25. The smallest absolute Gasteiger partial charge is 0.217 e. The summed E-state index contributed by atoms with van der Waals surface area (Å²) < 4.78 is 39.8. The summed E-state index contributed by atoms with van der Waals surface area (Å²) in [6.45, 7) is 2.15. The highest BCUT2D eigenvalue weighted by molar-refractivity contribution is 5.73. The van der Waals surface area contributed by atoms with Gasteiger partial charge in [0.2, 0.25) is 5.91 Å². The zero-order valence-corrected chi connectivity index (χ0v) is 25.1. The lowest BCUT2D eigenvalue weighted by molar-refractivity contribution is -0.391. The van der Waals surface area contributed by atoms with Gasteiger partial charge in [0.15, 0.2) is 25.2 Å². The van der Waals surface area contributed by atoms with Crippen LogP contribution in [0.3, 0.4) is 0 Å². The van der Waals surface area contributed by atoms with Crippen molar-refractivity contribution in [2.75, 3.05) is 13.2 Å². The van der Waals surface area contributed by atoms with Crippen LogP contribution in [-0.4, -0.2) is 198 Å². The van der Waals surface area contributed by atoms with Crippen molar-refractivity contribution < 1.29 is 94.1 Å². The fraction of sp³-hybridized carbons (Fsp3) is 0.962. The highest BCUT2D eigenvalue weighted by Crippen LogP contribution is 2.35. The second-order valence-electron chi connectivity index (χ2n) is 11.8. The van der Waals surface area contributed by atoms with E-state index in [-0.39, 0.29) is 0 Å². The van der Waals surface area contributed by atoms with Crippen molar-refractivity contribution in [1.29, 1.82) is 0 Å². The van der Waals surface area contributed by atoms with E-state index in [0.29, 0.717) is 0 Å². The third kappa shape index (κ3) is 7.64. The van der Waals surface area contributed by atoms with Crippen LogP contribution in [0.1, 0.15) is 20.8 Å². The van der Waals surface area contributed by atoms with Crippen LogP contribution in [0.25, 0.3) is 0 Å². The summed E-state index contributed by atoms with van der Waals surface area (Å²) in [4.78, 5) is 12.1. The average Bonchev–Trinajstić information content (AvgIpc) is 3.01. The quantitative estimate of drug-likeness (QED) is 0.108. The molecule has 1 amide bonds. The van der Waals surface area contributed by atoms with Crippen LogP contribution in [0, 0.1) is 0 Å². The van der Waals surface area contributed by atoms with E-state index in [0.717, 1.165) is 6.92 Å². The highest BCUT2D eigenvalue weighted by Gasteiger charge is 2.55. The third-order valence-electron chi connectivity index (χ3n) is 8.53. The zero-order chi connectivity index (χ0) is 34.2. The molecule has 4 heterocycles. The minimum absolute atomic E-state index is 0.691. The fourth-order valence-corrected chi connectivity index (χ4v) is 5.81. The number of carbonyl (C=O) groups is 1. The van der Waals surface area contributed by atoms with Gasteiger partial charge in [-0.3, -0.25) is 4.79 Å². The number of aliphatic hydroxyl groups is 11. The Morgan fingerprint density at radius 3 is 1.52 bits per heavy atom. The molecule has 4 fully saturated rings. The van der Waals surface area contributed by atoms with Gasteiger partial charge in [0.25, 0.3) is 0 Å². The van der Waals surface area contributed by atoms with Gasteiger partial charge in [0.05, 0.1) is 25.4 Å². The molecule has 0 radical (unpaired) electrons. The third-order valence-corrected chi connectivity index (χ3v) is 8.53. The molecule has 4 aliphatic heterocycles. The maximum atomic E-state index is 12.1. The molecule has 0 spiro atoms. The molecule has 20 nitrogen and oxygen atoms in total. The summed E-state index contributed by atoms with van der Waals surface area (Å²) >= 11 is 0. The van der Waals surface area contributed by atoms with E-state index in [2.05, 4.69) is 5.32 Å². The van der Waals surface area contributed by atoms with Gasteiger partial charge in [-0.2, -0.15) is 0 Å². The monoisotopic (exact) mass is 675 g/mol. The number of amides is 1. The van der Waals surface area contributed by atoms with E-state index in [1.54, 1.807) is 0 Å². The van der Waals surface area contributed by atoms with Gasteiger partial charge < -0.3 is 94.6 Å². The summed E-state index contributed by atoms with van der Waals surface area (Å²) in [6, 6.07) is -1.51. The molecule has 4 saturated heterocycles. The van der Waals surface area contributed by atoms with Crippen LogP contribution in [0.4, 0.5) is 0 Å². The molecule has 0 aliphatic carbocycles. The molecule has 46 heavy (non-hydrogen) atoms. The molecule has 268 valence electrons. The van der Waals surface area contributed by atoms with E-state index in [9.17, 15) is 61.0 Å². The molecule has 0 unspecified atom stereocenters. The van der Waals surface area contributed by atoms with E-state index in [1.807, 2.05) is 0 Å². The minimum Gasteiger partial charge on any atom is -0.394 e. The largest absolute Gasteiger partial charge is 0.394 e. The first-order valence-corrected chi connectivity index (χ1v) is 14.8. The normalized spacial score (nSPS) is 51.9. The Bertz CT molecular complexity index is 997. The van der Waals surface area contributed by atoms with Gasteiger partial charge in [-0.15, -0.1) is 0 Å². The molecule has 0 aromatic carbocycles. The Labute approximate surface area is 262 Å². The molecule has 0 bridgehead atoms. The minimum atomic E-state index is -1.92. The average molecular weight is 676 g/mol. The van der Waals surface area contributed by atoms with Gasteiger partial charge in [-0.1, -0.05) is 0 Å². The molecule has 12 N–H and O–H groups in total. The second kappa shape index (κ2) is 15.5. The topological polar surface area (TPSA) is 316 Å². The van der Waals surface area contributed by atoms with Crippen molar-refractivity contribution in [2.24, 2.45) is 0 Å². The summed E-state index contributed by atoms with van der Waals surface area (Å²) in [7, 11) is 0. The van der Waals surface area contributed by atoms with Gasteiger partial charge in [-0.05, 0) is 13.8 Å². The molecule has 0 aromatic heterocycles. The first kappa shape index (κ1) is 37.6. The van der Waals surface area contributed by atoms with Crippen LogP contribution in [0.5, 0.6) is 0 Å². The number of nitrogens with one attached hydrogen (secondary N) is 1. The van der Waals surface area contributed by atoms with E-state index in [1.165, 1.54) is 13.8 Å². The predicted octanol–water partition coefficient (Wildman–Crippen LogP) is -7.55. The fourth-order valence-electron chi connectivity index (χ4n) is 5.81. The summed E-state index contributed by atoms with van der Waals surface area (Å²) in [6.07, 6.45) is -31.2. The number of hydrogen-bond donors (Lipinski definition) is 12. The summed E-state index contributed by atoms with van der Waals surface area (Å²) in [5.74, 6) is -0.691. The second-order valence-corrected chi connectivity index (χ2v) is 11.8. The standard InChI is InChI=1S/C26H45NO19/c1-6-12(31)15(34)18(37)24(40-6)45-21-11(27-8(3)30)23(39)42-10(5-29)20(21)44-26-22(17(36)14(33)9(4-28)43-26)46-25-19(38)16(35)13(32)7(2)41-25/h6-7,9-26,28-29,31-39H,4-5H2,1-3H3,(H,27,30)/t6-,7-,9+,10+,11+,12-,13-,14+,15+,16+,17-,18-,19-,20+,21+,22+,23-,24-,25-,26-/m0/s1. The Kier molecular flexibility index (Phi) is 12.7. The maximum Gasteiger partial charge on any atom is 0.217 e. The van der Waals surface area contributed by atoms with Crippen LogP contribution in [-0.2, 0) is 38.0 Å². The Morgan fingerprint density at radius 2 is 1.04 bits per heavy atom. The van der Waals surface area contributed by atoms with Crippen molar-refractivity contribution in [3.05, 3.63) is 0 Å². The Morgan fingerprint density at radius 1 is 0.565 bits per heavy atom. The van der Waals surface area contributed by atoms with Gasteiger partial charge >= 0.3 is 0 Å². The zero-order valence-electron chi connectivity index (χ0n) is 25.1. The predicted molar refractivity (Wildman–Crippen MR) is 143 cm³/mol. The number of rotatable bonds is 9. The number of carbonyl (C=O) groups excluding carboxylic acids is 1. The molecule has 0 aromatic rings. The van der Waals surface area contributed by atoms with E-state index < -0.39 is 142 Å². The molecular formula is C26H45NO19. The molecule has 4 rings (SSSR count). The van der Waals surface area contributed by atoms with E-state index in [4.69, 9.17) is 33.2 Å². The number of hydrogen-bond acceptors (Lipinski definition) is 19. The van der Waals surface area contributed by atoms with Crippen LogP contribution in [0.15, 0.2) is 0 Å². The van der Waals surface area contributed by atoms with Crippen molar-refractivity contribution in [3.8, 4) is 0 Å². The van der Waals surface area contributed by atoms with Crippen LogP contribution < -0.4 is 5.32 Å². The van der Waals surface area contributed by atoms with E-state index >= 15 is 0 Å². The van der Waals surface area contributed by atoms with Crippen LogP contribution >= 0.6 is 0 Å².